The molecular weight excluding hydrogens is 411 g/mol. The molecule has 2 aromatic rings. The molecular formula is C22H22Cl2N2O3. The molecule has 1 aliphatic rings. The van der Waals surface area contributed by atoms with Gasteiger partial charge in [-0.15, -0.1) is 0 Å². The molecule has 0 saturated carbocycles. The molecule has 1 heterocycles. The predicted molar refractivity (Wildman–Crippen MR) is 116 cm³/mol. The summed E-state index contributed by atoms with van der Waals surface area (Å²) in [5, 5.41) is 3.87. The average Bonchev–Trinajstić information content (AvgIpc) is 2.91. The Balaban J connectivity index is 2.04. The van der Waals surface area contributed by atoms with Gasteiger partial charge in [-0.05, 0) is 35.7 Å². The second-order valence-electron chi connectivity index (χ2n) is 7.03. The van der Waals surface area contributed by atoms with E-state index in [2.05, 4.69) is 19.2 Å². The second-order valence-corrected chi connectivity index (χ2v) is 7.87. The largest absolute Gasteiger partial charge is 0.383 e. The van der Waals surface area contributed by atoms with Crippen LogP contribution >= 0.6 is 23.2 Å². The number of carbonyl (C=O) groups is 2. The Hall–Kier alpha value is -2.34. The molecule has 7 heteroatoms. The Morgan fingerprint density at radius 2 is 1.72 bits per heavy atom. The number of imide groups is 1. The first kappa shape index (κ1) is 21.4. The van der Waals surface area contributed by atoms with Crippen LogP contribution in [0.1, 0.15) is 30.9 Å². The van der Waals surface area contributed by atoms with E-state index >= 15 is 0 Å². The van der Waals surface area contributed by atoms with Gasteiger partial charge in [0, 0.05) is 23.4 Å². The lowest BCUT2D eigenvalue weighted by Crippen LogP contribution is -2.35. The smallest absolute Gasteiger partial charge is 0.278 e. The van der Waals surface area contributed by atoms with Gasteiger partial charge in [-0.3, -0.25) is 14.5 Å². The zero-order valence-corrected chi connectivity index (χ0v) is 18.0. The molecule has 0 aromatic heterocycles. The zero-order valence-electron chi connectivity index (χ0n) is 16.5. The summed E-state index contributed by atoms with van der Waals surface area (Å²) in [5.41, 5.74) is 2.76. The summed E-state index contributed by atoms with van der Waals surface area (Å²) in [4.78, 5) is 27.2. The van der Waals surface area contributed by atoms with Gasteiger partial charge < -0.3 is 10.1 Å². The summed E-state index contributed by atoms with van der Waals surface area (Å²) in [6, 6.07) is 12.6. The van der Waals surface area contributed by atoms with Gasteiger partial charge in [0.25, 0.3) is 11.8 Å². The molecule has 0 bridgehead atoms. The molecule has 2 amide bonds. The maximum atomic E-state index is 13.1. The fraction of sp³-hybridized carbons (Fsp3) is 0.273. The molecule has 3 rings (SSSR count). The molecule has 0 radical (unpaired) electrons. The number of nitrogens with zero attached hydrogens (tertiary/aromatic N) is 1. The summed E-state index contributed by atoms with van der Waals surface area (Å²) < 4.78 is 5.04. The highest BCUT2D eigenvalue weighted by atomic mass is 35.5. The maximum absolute atomic E-state index is 13.1. The molecule has 0 saturated heterocycles. The lowest BCUT2D eigenvalue weighted by atomic mass is 10.0. The lowest BCUT2D eigenvalue weighted by molar-refractivity contribution is -0.137. The minimum absolute atomic E-state index is 0.153. The molecule has 1 N–H and O–H groups in total. The number of amides is 2. The molecule has 0 spiro atoms. The number of benzene rings is 2. The highest BCUT2D eigenvalue weighted by Crippen LogP contribution is 2.35. The van der Waals surface area contributed by atoms with E-state index in [1.165, 1.54) is 12.7 Å². The Morgan fingerprint density at radius 1 is 1.03 bits per heavy atom. The van der Waals surface area contributed by atoms with Crippen LogP contribution in [0.2, 0.25) is 10.0 Å². The number of anilines is 1. The van der Waals surface area contributed by atoms with Gasteiger partial charge in [-0.2, -0.15) is 0 Å². The van der Waals surface area contributed by atoms with Crippen LogP contribution in [0.15, 0.2) is 48.2 Å². The van der Waals surface area contributed by atoms with E-state index < -0.39 is 11.8 Å². The highest BCUT2D eigenvalue weighted by molar-refractivity contribution is 6.41. The van der Waals surface area contributed by atoms with E-state index in [0.29, 0.717) is 27.2 Å². The molecule has 29 heavy (non-hydrogen) atoms. The summed E-state index contributed by atoms with van der Waals surface area (Å²) in [6.07, 6.45) is 0. The van der Waals surface area contributed by atoms with Crippen molar-refractivity contribution in [2.45, 2.75) is 19.8 Å². The predicted octanol–water partition coefficient (Wildman–Crippen LogP) is 4.96. The number of carbonyl (C=O) groups excluding carboxylic acids is 2. The molecule has 0 aliphatic carbocycles. The van der Waals surface area contributed by atoms with E-state index in [0.717, 1.165) is 4.90 Å². The summed E-state index contributed by atoms with van der Waals surface area (Å²) in [5.74, 6) is -0.440. The average molecular weight is 433 g/mol. The van der Waals surface area contributed by atoms with Crippen molar-refractivity contribution < 1.29 is 14.3 Å². The van der Waals surface area contributed by atoms with Crippen LogP contribution in [0.5, 0.6) is 0 Å². The highest BCUT2D eigenvalue weighted by Gasteiger charge is 2.39. The number of nitrogens with one attached hydrogen (secondary N) is 1. The lowest BCUT2D eigenvalue weighted by Gasteiger charge is -2.14. The van der Waals surface area contributed by atoms with Gasteiger partial charge >= 0.3 is 0 Å². The second kappa shape index (κ2) is 8.99. The van der Waals surface area contributed by atoms with Gasteiger partial charge in [0.1, 0.15) is 5.70 Å². The third-order valence-electron chi connectivity index (χ3n) is 4.73. The number of halogens is 2. The van der Waals surface area contributed by atoms with E-state index in [9.17, 15) is 9.59 Å². The SMILES string of the molecule is COCCN1C(=O)C(Nc2ccc(C(C)C)cc2)=C(c2ccc(Cl)cc2Cl)C1=O. The van der Waals surface area contributed by atoms with Gasteiger partial charge in [0.15, 0.2) is 0 Å². The van der Waals surface area contributed by atoms with Crippen molar-refractivity contribution in [1.82, 2.24) is 4.90 Å². The minimum Gasteiger partial charge on any atom is -0.383 e. The van der Waals surface area contributed by atoms with Gasteiger partial charge in [0.2, 0.25) is 0 Å². The van der Waals surface area contributed by atoms with E-state index in [4.69, 9.17) is 27.9 Å². The van der Waals surface area contributed by atoms with Crippen LogP contribution < -0.4 is 5.32 Å². The van der Waals surface area contributed by atoms with Crippen molar-refractivity contribution in [3.05, 3.63) is 69.3 Å². The number of hydrogen-bond donors (Lipinski definition) is 1. The Morgan fingerprint density at radius 3 is 2.31 bits per heavy atom. The number of ether oxygens (including phenoxy) is 1. The number of rotatable bonds is 7. The van der Waals surface area contributed by atoms with E-state index in [1.807, 2.05) is 24.3 Å². The fourth-order valence-corrected chi connectivity index (χ4v) is 3.62. The molecule has 2 aromatic carbocycles. The first-order valence-electron chi connectivity index (χ1n) is 9.25. The molecule has 0 atom stereocenters. The van der Waals surface area contributed by atoms with Crippen molar-refractivity contribution in [1.29, 1.82) is 0 Å². The Labute approximate surface area is 180 Å². The normalized spacial score (nSPS) is 14.3. The minimum atomic E-state index is -0.419. The quantitative estimate of drug-likeness (QED) is 0.628. The first-order chi connectivity index (χ1) is 13.8. The van der Waals surface area contributed by atoms with Gasteiger partial charge in [-0.25, -0.2) is 0 Å². The van der Waals surface area contributed by atoms with Crippen LogP contribution in [0, 0.1) is 0 Å². The van der Waals surface area contributed by atoms with Crippen molar-refractivity contribution >= 4 is 46.3 Å². The van der Waals surface area contributed by atoms with Crippen LogP contribution in [0.3, 0.4) is 0 Å². The van der Waals surface area contributed by atoms with Crippen molar-refractivity contribution in [3.8, 4) is 0 Å². The standard InChI is InChI=1S/C22H22Cl2N2O3/c1-13(2)14-4-7-16(8-5-14)25-20-19(17-9-6-15(23)12-18(17)24)21(27)26(22(20)28)10-11-29-3/h4-9,12-13,25H,10-11H2,1-3H3. The molecule has 152 valence electrons. The monoisotopic (exact) mass is 432 g/mol. The summed E-state index contributed by atoms with van der Waals surface area (Å²) >= 11 is 12.3. The number of hydrogen-bond acceptors (Lipinski definition) is 4. The Kier molecular flexibility index (Phi) is 6.63. The topological polar surface area (TPSA) is 58.6 Å². The van der Waals surface area contributed by atoms with Crippen LogP contribution in [0.4, 0.5) is 5.69 Å². The van der Waals surface area contributed by atoms with Gasteiger partial charge in [0.05, 0.1) is 23.7 Å². The van der Waals surface area contributed by atoms with Crippen molar-refractivity contribution in [2.24, 2.45) is 0 Å². The molecule has 1 aliphatic heterocycles. The first-order valence-corrected chi connectivity index (χ1v) is 10.0. The third kappa shape index (κ3) is 4.47. The molecule has 5 nitrogen and oxygen atoms in total. The van der Waals surface area contributed by atoms with Crippen LogP contribution in [0.25, 0.3) is 5.57 Å². The Bertz CT molecular complexity index is 969. The van der Waals surface area contributed by atoms with E-state index in [-0.39, 0.29) is 24.4 Å². The van der Waals surface area contributed by atoms with Crippen molar-refractivity contribution in [2.75, 3.05) is 25.6 Å². The number of methoxy groups -OCH3 is 1. The molecule has 0 fully saturated rings. The third-order valence-corrected chi connectivity index (χ3v) is 5.28. The molecule has 0 unspecified atom stereocenters. The van der Waals surface area contributed by atoms with Crippen molar-refractivity contribution in [3.63, 3.8) is 0 Å². The fourth-order valence-electron chi connectivity index (χ4n) is 3.12. The van der Waals surface area contributed by atoms with Gasteiger partial charge in [-0.1, -0.05) is 55.2 Å². The van der Waals surface area contributed by atoms with Crippen LogP contribution in [-0.2, 0) is 14.3 Å². The zero-order chi connectivity index (χ0) is 21.1. The van der Waals surface area contributed by atoms with E-state index in [1.54, 1.807) is 18.2 Å². The summed E-state index contributed by atoms with van der Waals surface area (Å²) in [7, 11) is 1.52. The van der Waals surface area contributed by atoms with Crippen LogP contribution in [-0.4, -0.2) is 37.0 Å². The maximum Gasteiger partial charge on any atom is 0.278 e. The summed E-state index contributed by atoms with van der Waals surface area (Å²) in [6.45, 7) is 4.62.